The Morgan fingerprint density at radius 2 is 1.84 bits per heavy atom. The number of unbranched alkanes of at least 4 members (excludes halogenated alkanes) is 1. The third kappa shape index (κ3) is 2.83. The van der Waals surface area contributed by atoms with Crippen molar-refractivity contribution in [2.45, 2.75) is 64.0 Å². The highest BCUT2D eigenvalue weighted by Crippen LogP contribution is 2.40. The normalized spacial score (nSPS) is 18.0. The van der Waals surface area contributed by atoms with E-state index in [1.165, 1.54) is 0 Å². The molecule has 0 unspecified atom stereocenters. The van der Waals surface area contributed by atoms with Gasteiger partial charge in [-0.2, -0.15) is 4.52 Å². The molecule has 0 bridgehead atoms. The summed E-state index contributed by atoms with van der Waals surface area (Å²) in [4.78, 5) is 20.5. The number of hydrogen-bond donors (Lipinski definition) is 0. The first-order valence-corrected chi connectivity index (χ1v) is 11.6. The maximum absolute atomic E-state index is 13.5. The monoisotopic (exact) mass is 426 g/mol. The van der Waals surface area contributed by atoms with Crippen molar-refractivity contribution in [1.29, 1.82) is 0 Å². The van der Waals surface area contributed by atoms with Gasteiger partial charge < -0.3 is 0 Å². The minimum absolute atomic E-state index is 0.187. The van der Waals surface area contributed by atoms with E-state index in [0.717, 1.165) is 83.7 Å². The summed E-state index contributed by atoms with van der Waals surface area (Å²) in [5, 5.41) is 15.7. The first-order chi connectivity index (χ1) is 15.7. The number of nitrogens with zero attached hydrogens (tertiary/aromatic N) is 6. The van der Waals surface area contributed by atoms with Gasteiger partial charge in [0.2, 0.25) is 0 Å². The summed E-state index contributed by atoms with van der Waals surface area (Å²) >= 11 is 0. The molecule has 0 atom stereocenters. The fourth-order valence-electron chi connectivity index (χ4n) is 5.39. The predicted octanol–water partition coefficient (Wildman–Crippen LogP) is 4.67. The van der Waals surface area contributed by atoms with Gasteiger partial charge in [0.1, 0.15) is 11.4 Å². The third-order valence-electron chi connectivity index (χ3n) is 7.04. The minimum atomic E-state index is -0.501. The van der Waals surface area contributed by atoms with E-state index in [1.54, 1.807) is 4.52 Å². The maximum atomic E-state index is 13.5. The number of aliphatic imine (C=N–C) groups is 1. The fraction of sp³-hybridized carbons (Fsp3) is 0.400. The van der Waals surface area contributed by atoms with Crippen LogP contribution in [0.3, 0.4) is 0 Å². The molecule has 6 rings (SSSR count). The minimum Gasteiger partial charge on any atom is -0.294 e. The van der Waals surface area contributed by atoms with Crippen molar-refractivity contribution in [3.63, 3.8) is 0 Å². The van der Waals surface area contributed by atoms with Crippen LogP contribution in [0.1, 0.15) is 57.4 Å². The lowest BCUT2D eigenvalue weighted by Crippen LogP contribution is -2.40. The molecule has 1 aliphatic heterocycles. The summed E-state index contributed by atoms with van der Waals surface area (Å²) in [6.45, 7) is 2.72. The average molecular weight is 427 g/mol. The molecule has 7 nitrogen and oxygen atoms in total. The van der Waals surface area contributed by atoms with Gasteiger partial charge in [-0.25, -0.2) is 0 Å². The number of carbonyl (C=O) groups is 1. The van der Waals surface area contributed by atoms with Crippen molar-refractivity contribution < 1.29 is 4.79 Å². The highest BCUT2D eigenvalue weighted by Gasteiger charge is 2.49. The van der Waals surface area contributed by atoms with Crippen molar-refractivity contribution in [2.24, 2.45) is 4.99 Å². The van der Waals surface area contributed by atoms with Gasteiger partial charge in [0, 0.05) is 17.2 Å². The quantitative estimate of drug-likeness (QED) is 0.435. The lowest BCUT2D eigenvalue weighted by molar-refractivity contribution is -0.131. The van der Waals surface area contributed by atoms with Gasteiger partial charge in [0.25, 0.3) is 5.91 Å². The van der Waals surface area contributed by atoms with Gasteiger partial charge in [0.15, 0.2) is 5.65 Å². The van der Waals surface area contributed by atoms with Gasteiger partial charge in [-0.05, 0) is 46.7 Å². The number of amidine groups is 1. The van der Waals surface area contributed by atoms with Crippen LogP contribution >= 0.6 is 0 Å². The first kappa shape index (κ1) is 19.3. The van der Waals surface area contributed by atoms with Crippen molar-refractivity contribution in [2.75, 3.05) is 0 Å². The summed E-state index contributed by atoms with van der Waals surface area (Å²) in [5.41, 5.74) is 2.27. The average Bonchev–Trinajstić information content (AvgIpc) is 3.55. The molecule has 0 saturated heterocycles. The fourth-order valence-corrected chi connectivity index (χ4v) is 5.39. The summed E-state index contributed by atoms with van der Waals surface area (Å²) in [6.07, 6.45) is 6.94. The molecule has 1 spiro atoms. The largest absolute Gasteiger partial charge is 0.294 e. The Bertz CT molecular complexity index is 1380. The molecule has 1 aliphatic carbocycles. The number of tetrazole rings is 1. The number of fused-ring (bicyclic) bond motifs is 6. The van der Waals surface area contributed by atoms with Crippen molar-refractivity contribution in [3.8, 4) is 0 Å². The predicted molar refractivity (Wildman–Crippen MR) is 125 cm³/mol. The molecule has 1 amide bonds. The van der Waals surface area contributed by atoms with E-state index in [0.29, 0.717) is 6.54 Å². The zero-order valence-electron chi connectivity index (χ0n) is 18.3. The van der Waals surface area contributed by atoms with E-state index in [2.05, 4.69) is 52.8 Å². The number of carbonyl (C=O) groups excluding carboxylic acids is 1. The number of hydrogen-bond acceptors (Lipinski definition) is 5. The van der Waals surface area contributed by atoms with Crippen LogP contribution in [-0.4, -0.2) is 42.2 Å². The Kier molecular flexibility index (Phi) is 4.45. The molecule has 2 aliphatic rings. The molecule has 3 heterocycles. The molecule has 0 N–H and O–H groups in total. The molecule has 2 aromatic carbocycles. The molecule has 2 aromatic heterocycles. The maximum Gasteiger partial charge on any atom is 0.256 e. The van der Waals surface area contributed by atoms with Crippen LogP contribution in [0.4, 0.5) is 0 Å². The summed E-state index contributed by atoms with van der Waals surface area (Å²) in [6, 6.07) is 14.6. The van der Waals surface area contributed by atoms with E-state index in [1.807, 2.05) is 17.0 Å². The molecular weight excluding hydrogens is 400 g/mol. The summed E-state index contributed by atoms with van der Waals surface area (Å²) in [7, 11) is 0. The van der Waals surface area contributed by atoms with Crippen LogP contribution in [-0.2, 0) is 11.3 Å². The number of benzene rings is 2. The van der Waals surface area contributed by atoms with E-state index >= 15 is 0 Å². The smallest absolute Gasteiger partial charge is 0.256 e. The van der Waals surface area contributed by atoms with Gasteiger partial charge >= 0.3 is 0 Å². The van der Waals surface area contributed by atoms with E-state index < -0.39 is 5.54 Å². The van der Waals surface area contributed by atoms with Crippen LogP contribution in [0.15, 0.2) is 47.5 Å². The number of pyridine rings is 1. The van der Waals surface area contributed by atoms with Crippen molar-refractivity contribution in [3.05, 3.63) is 48.0 Å². The van der Waals surface area contributed by atoms with Crippen molar-refractivity contribution >= 4 is 39.1 Å². The summed E-state index contributed by atoms with van der Waals surface area (Å²) < 4.78 is 1.80. The zero-order chi connectivity index (χ0) is 21.7. The highest BCUT2D eigenvalue weighted by molar-refractivity contribution is 6.11. The Morgan fingerprint density at radius 1 is 1.03 bits per heavy atom. The SMILES string of the molecule is CCCCC1=NC2(CCCC2)C(=O)N1Cc1ccc2c3ccccc3c3nnnn3c2c1. The Balaban J connectivity index is 1.43. The molecule has 0 radical (unpaired) electrons. The van der Waals surface area contributed by atoms with Crippen LogP contribution in [0.5, 0.6) is 0 Å². The molecule has 32 heavy (non-hydrogen) atoms. The standard InChI is InChI=1S/C25H26N6O/c1-2-3-10-22-26-25(13-6-7-14-25)24(32)30(22)16-17-11-12-19-18-8-4-5-9-20(18)23-27-28-29-31(23)21(19)15-17/h4-5,8-9,11-12,15H,2-3,6-7,10,13-14,16H2,1H3. The Labute approximate surface area is 186 Å². The van der Waals surface area contributed by atoms with Crippen LogP contribution in [0, 0.1) is 0 Å². The van der Waals surface area contributed by atoms with E-state index in [4.69, 9.17) is 4.99 Å². The molecular formula is C25H26N6O. The zero-order valence-corrected chi connectivity index (χ0v) is 18.3. The molecule has 1 fully saturated rings. The summed E-state index contributed by atoms with van der Waals surface area (Å²) in [5.74, 6) is 1.15. The van der Waals surface area contributed by atoms with Crippen LogP contribution < -0.4 is 0 Å². The van der Waals surface area contributed by atoms with Gasteiger partial charge in [-0.1, -0.05) is 62.6 Å². The second-order valence-corrected chi connectivity index (χ2v) is 9.07. The number of rotatable bonds is 5. The van der Waals surface area contributed by atoms with Crippen LogP contribution in [0.2, 0.25) is 0 Å². The Morgan fingerprint density at radius 3 is 2.66 bits per heavy atom. The number of aromatic nitrogens is 4. The highest BCUT2D eigenvalue weighted by atomic mass is 16.2. The molecule has 162 valence electrons. The molecule has 4 aromatic rings. The lowest BCUT2D eigenvalue weighted by Gasteiger charge is -2.23. The molecule has 1 saturated carbocycles. The van der Waals surface area contributed by atoms with Gasteiger partial charge in [0.05, 0.1) is 12.1 Å². The Hall–Kier alpha value is -3.35. The van der Waals surface area contributed by atoms with E-state index in [9.17, 15) is 4.79 Å². The van der Waals surface area contributed by atoms with Crippen LogP contribution in [0.25, 0.3) is 27.3 Å². The second-order valence-electron chi connectivity index (χ2n) is 9.07. The number of amides is 1. The van der Waals surface area contributed by atoms with E-state index in [-0.39, 0.29) is 5.91 Å². The van der Waals surface area contributed by atoms with Crippen molar-refractivity contribution in [1.82, 2.24) is 24.9 Å². The third-order valence-corrected chi connectivity index (χ3v) is 7.04. The first-order valence-electron chi connectivity index (χ1n) is 11.6. The lowest BCUT2D eigenvalue weighted by atomic mass is 9.98. The van der Waals surface area contributed by atoms with Gasteiger partial charge in [-0.3, -0.25) is 14.7 Å². The molecule has 7 heteroatoms. The second kappa shape index (κ2) is 7.36. The topological polar surface area (TPSA) is 75.8 Å². The van der Waals surface area contributed by atoms with Gasteiger partial charge in [-0.15, -0.1) is 5.10 Å².